The molecule has 0 radical (unpaired) electrons. The predicted molar refractivity (Wildman–Crippen MR) is 76.5 cm³/mol. The standard InChI is InChI=1S/C15H20N2O4/c1-2-21-15(20)16-13(11-6-4-3-5-7-11)14(19)17-9-8-12(18)10-17/h3-7,12-13,18H,2,8-10H2,1H3,(H,16,20)/t12-,13-/m0/s1. The number of alkyl carbamates (subject to hydrolysis) is 1. The van der Waals surface area contributed by atoms with E-state index < -0.39 is 18.2 Å². The molecule has 2 amide bonds. The third kappa shape index (κ3) is 3.95. The lowest BCUT2D eigenvalue weighted by atomic mass is 10.1. The zero-order chi connectivity index (χ0) is 15.2. The lowest BCUT2D eigenvalue weighted by molar-refractivity contribution is -0.132. The van der Waals surface area contributed by atoms with Gasteiger partial charge in [0, 0.05) is 13.1 Å². The first-order chi connectivity index (χ1) is 10.1. The number of hydrogen-bond donors (Lipinski definition) is 2. The molecule has 0 saturated carbocycles. The molecule has 1 aromatic carbocycles. The first-order valence-electron chi connectivity index (χ1n) is 7.07. The zero-order valence-corrected chi connectivity index (χ0v) is 12.0. The molecule has 1 fully saturated rings. The average Bonchev–Trinajstić information content (AvgIpc) is 2.92. The Kier molecular flexibility index (Phi) is 5.16. The van der Waals surface area contributed by atoms with Gasteiger partial charge >= 0.3 is 6.09 Å². The molecule has 6 nitrogen and oxygen atoms in total. The molecule has 0 bridgehead atoms. The minimum absolute atomic E-state index is 0.231. The lowest BCUT2D eigenvalue weighted by Gasteiger charge is -2.24. The van der Waals surface area contributed by atoms with Crippen molar-refractivity contribution in [2.45, 2.75) is 25.5 Å². The second-order valence-electron chi connectivity index (χ2n) is 4.94. The van der Waals surface area contributed by atoms with Crippen LogP contribution in [0.2, 0.25) is 0 Å². The Morgan fingerprint density at radius 2 is 2.14 bits per heavy atom. The number of benzene rings is 1. The first-order valence-corrected chi connectivity index (χ1v) is 7.07. The molecule has 2 N–H and O–H groups in total. The number of β-amino-alcohol motifs (C(OH)–C–C–N with tert-alkyl or cyclic N) is 1. The molecular formula is C15H20N2O4. The number of nitrogens with zero attached hydrogens (tertiary/aromatic N) is 1. The molecule has 2 rings (SSSR count). The van der Waals surface area contributed by atoms with Crippen molar-refractivity contribution in [3.8, 4) is 0 Å². The van der Waals surface area contributed by atoms with E-state index in [2.05, 4.69) is 5.32 Å². The molecule has 1 aliphatic rings. The number of aliphatic hydroxyl groups excluding tert-OH is 1. The van der Waals surface area contributed by atoms with Crippen LogP contribution in [0, 0.1) is 0 Å². The summed E-state index contributed by atoms with van der Waals surface area (Å²) in [7, 11) is 0. The number of carbonyl (C=O) groups excluding carboxylic acids is 2. The Morgan fingerprint density at radius 1 is 1.43 bits per heavy atom. The van der Waals surface area contributed by atoms with E-state index in [0.717, 1.165) is 0 Å². The van der Waals surface area contributed by atoms with E-state index in [4.69, 9.17) is 4.74 Å². The van der Waals surface area contributed by atoms with E-state index in [1.54, 1.807) is 36.1 Å². The lowest BCUT2D eigenvalue weighted by Crippen LogP contribution is -2.42. The summed E-state index contributed by atoms with van der Waals surface area (Å²) in [6, 6.07) is 8.22. The fourth-order valence-electron chi connectivity index (χ4n) is 2.35. The summed E-state index contributed by atoms with van der Waals surface area (Å²) < 4.78 is 4.86. The van der Waals surface area contributed by atoms with Crippen LogP contribution in [0.25, 0.3) is 0 Å². The number of hydrogen-bond acceptors (Lipinski definition) is 4. The molecular weight excluding hydrogens is 272 g/mol. The van der Waals surface area contributed by atoms with Crippen molar-refractivity contribution in [3.63, 3.8) is 0 Å². The van der Waals surface area contributed by atoms with Gasteiger partial charge in [-0.15, -0.1) is 0 Å². The highest BCUT2D eigenvalue weighted by atomic mass is 16.5. The van der Waals surface area contributed by atoms with Crippen LogP contribution in [0.3, 0.4) is 0 Å². The number of carbonyl (C=O) groups is 2. The Hall–Kier alpha value is -2.08. The van der Waals surface area contributed by atoms with Gasteiger partial charge in [-0.05, 0) is 18.9 Å². The van der Waals surface area contributed by atoms with E-state index in [9.17, 15) is 14.7 Å². The predicted octanol–water partition coefficient (Wildman–Crippen LogP) is 1.07. The van der Waals surface area contributed by atoms with Gasteiger partial charge in [0.2, 0.25) is 5.91 Å². The number of nitrogens with one attached hydrogen (secondary N) is 1. The van der Waals surface area contributed by atoms with Crippen molar-refractivity contribution in [3.05, 3.63) is 35.9 Å². The van der Waals surface area contributed by atoms with Gasteiger partial charge in [0.15, 0.2) is 0 Å². The van der Waals surface area contributed by atoms with Gasteiger partial charge in [0.05, 0.1) is 12.7 Å². The van der Waals surface area contributed by atoms with Crippen LogP contribution < -0.4 is 5.32 Å². The van der Waals surface area contributed by atoms with Crippen LogP contribution in [-0.2, 0) is 9.53 Å². The number of ether oxygens (including phenoxy) is 1. The second-order valence-corrected chi connectivity index (χ2v) is 4.94. The summed E-state index contributed by atoms with van der Waals surface area (Å²) in [5.74, 6) is -0.231. The highest BCUT2D eigenvalue weighted by molar-refractivity contribution is 5.87. The summed E-state index contributed by atoms with van der Waals surface area (Å²) in [5, 5.41) is 12.2. The Morgan fingerprint density at radius 3 is 2.71 bits per heavy atom. The Bertz CT molecular complexity index is 492. The Labute approximate surface area is 123 Å². The van der Waals surface area contributed by atoms with Gasteiger partial charge in [-0.3, -0.25) is 4.79 Å². The Balaban J connectivity index is 2.15. The molecule has 1 heterocycles. The van der Waals surface area contributed by atoms with Crippen molar-refractivity contribution in [2.24, 2.45) is 0 Å². The monoisotopic (exact) mass is 292 g/mol. The summed E-state index contributed by atoms with van der Waals surface area (Å²) in [6.45, 7) is 2.74. The fourth-order valence-corrected chi connectivity index (χ4v) is 2.35. The maximum atomic E-state index is 12.6. The summed E-state index contributed by atoms with van der Waals surface area (Å²) in [4.78, 5) is 25.8. The van der Waals surface area contributed by atoms with Crippen LogP contribution in [0.1, 0.15) is 24.9 Å². The smallest absolute Gasteiger partial charge is 0.408 e. The van der Waals surface area contributed by atoms with E-state index in [1.165, 1.54) is 0 Å². The SMILES string of the molecule is CCOC(=O)N[C@H](C(=O)N1CC[C@H](O)C1)c1ccccc1. The topological polar surface area (TPSA) is 78.9 Å². The molecule has 0 aromatic heterocycles. The highest BCUT2D eigenvalue weighted by Gasteiger charge is 2.32. The summed E-state index contributed by atoms with van der Waals surface area (Å²) in [5.41, 5.74) is 0.692. The third-order valence-electron chi connectivity index (χ3n) is 3.39. The third-order valence-corrected chi connectivity index (χ3v) is 3.39. The maximum absolute atomic E-state index is 12.6. The van der Waals surface area contributed by atoms with E-state index in [1.807, 2.05) is 6.07 Å². The highest BCUT2D eigenvalue weighted by Crippen LogP contribution is 2.19. The van der Waals surface area contributed by atoms with E-state index in [0.29, 0.717) is 25.1 Å². The minimum Gasteiger partial charge on any atom is -0.450 e. The van der Waals surface area contributed by atoms with E-state index >= 15 is 0 Å². The quantitative estimate of drug-likeness (QED) is 0.870. The molecule has 114 valence electrons. The summed E-state index contributed by atoms with van der Waals surface area (Å²) >= 11 is 0. The molecule has 1 aliphatic heterocycles. The number of likely N-dealkylation sites (tertiary alicyclic amines) is 1. The number of aliphatic hydroxyl groups is 1. The average molecular weight is 292 g/mol. The van der Waals surface area contributed by atoms with Crippen molar-refractivity contribution >= 4 is 12.0 Å². The van der Waals surface area contributed by atoms with Crippen LogP contribution in [-0.4, -0.2) is 47.8 Å². The van der Waals surface area contributed by atoms with Crippen molar-refractivity contribution in [2.75, 3.05) is 19.7 Å². The van der Waals surface area contributed by atoms with Gasteiger partial charge in [-0.2, -0.15) is 0 Å². The van der Waals surface area contributed by atoms with Crippen molar-refractivity contribution < 1.29 is 19.4 Å². The fraction of sp³-hybridized carbons (Fsp3) is 0.467. The van der Waals surface area contributed by atoms with Crippen molar-refractivity contribution in [1.82, 2.24) is 10.2 Å². The van der Waals surface area contributed by atoms with Gasteiger partial charge in [-0.1, -0.05) is 30.3 Å². The first kappa shape index (κ1) is 15.3. The molecule has 2 atom stereocenters. The molecule has 0 unspecified atom stereocenters. The van der Waals surface area contributed by atoms with Crippen LogP contribution in [0.15, 0.2) is 30.3 Å². The zero-order valence-electron chi connectivity index (χ0n) is 12.0. The number of rotatable bonds is 4. The van der Waals surface area contributed by atoms with Gasteiger partial charge < -0.3 is 20.1 Å². The second kappa shape index (κ2) is 7.08. The molecule has 1 saturated heterocycles. The summed E-state index contributed by atoms with van der Waals surface area (Å²) in [6.07, 6.45) is -0.556. The minimum atomic E-state index is -0.796. The largest absolute Gasteiger partial charge is 0.450 e. The molecule has 0 aliphatic carbocycles. The molecule has 1 aromatic rings. The molecule has 6 heteroatoms. The van der Waals surface area contributed by atoms with Crippen molar-refractivity contribution in [1.29, 1.82) is 0 Å². The normalized spacial score (nSPS) is 19.1. The van der Waals surface area contributed by atoms with Crippen LogP contribution in [0.5, 0.6) is 0 Å². The van der Waals surface area contributed by atoms with Crippen LogP contribution >= 0.6 is 0 Å². The van der Waals surface area contributed by atoms with Crippen LogP contribution in [0.4, 0.5) is 4.79 Å². The van der Waals surface area contributed by atoms with Gasteiger partial charge in [0.1, 0.15) is 6.04 Å². The maximum Gasteiger partial charge on any atom is 0.408 e. The molecule has 21 heavy (non-hydrogen) atoms. The van der Waals surface area contributed by atoms with Gasteiger partial charge in [0.25, 0.3) is 0 Å². The molecule has 0 spiro atoms. The van der Waals surface area contributed by atoms with E-state index in [-0.39, 0.29) is 12.5 Å². The number of amides is 2. The van der Waals surface area contributed by atoms with Gasteiger partial charge in [-0.25, -0.2) is 4.79 Å².